The standard InChI is InChI=1S/C36H33BrN2/c1-35(2)19-20-36(3,4)27-22-30(28(37)21-26(27)35)38-29-15-10-16-31-34(29)33-25-14-9-8-11-23(25)17-18-32(33)39(31)24-12-6-5-7-13-24/h5-18,21-22,38H,19-20H2,1-4H3. The van der Waals surface area contributed by atoms with E-state index in [1.54, 1.807) is 0 Å². The molecule has 0 amide bonds. The van der Waals surface area contributed by atoms with Gasteiger partial charge in [0.05, 0.1) is 16.7 Å². The van der Waals surface area contributed by atoms with Crippen LogP contribution in [0.15, 0.2) is 102 Å². The maximum absolute atomic E-state index is 3.95. The SMILES string of the molecule is CC1(C)CCC(C)(C)c2cc(Nc3cccc4c3c3c5ccccc5ccc3n4-c3ccccc3)c(Br)cc21. The lowest BCUT2D eigenvalue weighted by atomic mass is 9.63. The van der Waals surface area contributed by atoms with Crippen molar-refractivity contribution >= 4 is 59.9 Å². The highest BCUT2D eigenvalue weighted by atomic mass is 79.9. The summed E-state index contributed by atoms with van der Waals surface area (Å²) in [5.41, 5.74) is 9.06. The maximum Gasteiger partial charge on any atom is 0.0562 e. The highest BCUT2D eigenvalue weighted by molar-refractivity contribution is 9.10. The Balaban J connectivity index is 1.51. The first-order chi connectivity index (χ1) is 18.7. The summed E-state index contributed by atoms with van der Waals surface area (Å²) in [5.74, 6) is 0. The van der Waals surface area contributed by atoms with Gasteiger partial charge >= 0.3 is 0 Å². The third-order valence-electron chi connectivity index (χ3n) is 8.91. The number of anilines is 2. The number of nitrogens with one attached hydrogen (secondary N) is 1. The van der Waals surface area contributed by atoms with Crippen LogP contribution in [0.3, 0.4) is 0 Å². The van der Waals surface area contributed by atoms with Gasteiger partial charge in [0.2, 0.25) is 0 Å². The van der Waals surface area contributed by atoms with Gasteiger partial charge in [-0.25, -0.2) is 0 Å². The van der Waals surface area contributed by atoms with Crippen molar-refractivity contribution in [1.82, 2.24) is 4.57 Å². The number of rotatable bonds is 3. The third kappa shape index (κ3) is 3.82. The van der Waals surface area contributed by atoms with Crippen LogP contribution < -0.4 is 5.32 Å². The smallest absolute Gasteiger partial charge is 0.0562 e. The Labute approximate surface area is 238 Å². The largest absolute Gasteiger partial charge is 0.354 e. The maximum atomic E-state index is 3.95. The Morgan fingerprint density at radius 2 is 1.31 bits per heavy atom. The molecule has 3 heteroatoms. The lowest BCUT2D eigenvalue weighted by Crippen LogP contribution is -2.33. The molecular formula is C36H33BrN2. The molecule has 0 atom stereocenters. The highest BCUT2D eigenvalue weighted by Gasteiger charge is 2.37. The Hall–Kier alpha value is -3.56. The minimum absolute atomic E-state index is 0.146. The van der Waals surface area contributed by atoms with Crippen molar-refractivity contribution < 1.29 is 0 Å². The van der Waals surface area contributed by atoms with Crippen LogP contribution in [-0.4, -0.2) is 4.57 Å². The van der Waals surface area contributed by atoms with E-state index in [-0.39, 0.29) is 10.8 Å². The van der Waals surface area contributed by atoms with Gasteiger partial charge in [-0.1, -0.05) is 82.3 Å². The van der Waals surface area contributed by atoms with Gasteiger partial charge in [0, 0.05) is 26.6 Å². The lowest BCUT2D eigenvalue weighted by Gasteiger charge is -2.42. The molecule has 6 aromatic rings. The minimum Gasteiger partial charge on any atom is -0.354 e. The van der Waals surface area contributed by atoms with Crippen molar-refractivity contribution in [3.8, 4) is 5.69 Å². The van der Waals surface area contributed by atoms with Crippen molar-refractivity contribution in [3.63, 3.8) is 0 Å². The number of hydrogen-bond acceptors (Lipinski definition) is 1. The van der Waals surface area contributed by atoms with Crippen molar-refractivity contribution in [2.45, 2.75) is 51.4 Å². The van der Waals surface area contributed by atoms with E-state index in [4.69, 9.17) is 0 Å². The van der Waals surface area contributed by atoms with E-state index < -0.39 is 0 Å². The first-order valence-electron chi connectivity index (χ1n) is 13.9. The van der Waals surface area contributed by atoms with E-state index >= 15 is 0 Å². The van der Waals surface area contributed by atoms with E-state index in [0.717, 1.165) is 15.8 Å². The Bertz CT molecular complexity index is 1890. The molecule has 0 saturated carbocycles. The van der Waals surface area contributed by atoms with Crippen LogP contribution in [0.1, 0.15) is 51.7 Å². The van der Waals surface area contributed by atoms with E-state index in [9.17, 15) is 0 Å². The predicted molar refractivity (Wildman–Crippen MR) is 171 cm³/mol. The Morgan fingerprint density at radius 3 is 2.08 bits per heavy atom. The molecule has 2 nitrogen and oxygen atoms in total. The Kier molecular flexibility index (Phi) is 5.48. The summed E-state index contributed by atoms with van der Waals surface area (Å²) in [6.45, 7) is 9.54. The summed E-state index contributed by atoms with van der Waals surface area (Å²) in [5, 5.41) is 8.95. The molecule has 1 N–H and O–H groups in total. The molecule has 39 heavy (non-hydrogen) atoms. The van der Waals surface area contributed by atoms with Crippen molar-refractivity contribution in [2.24, 2.45) is 0 Å². The molecule has 7 rings (SSSR count). The number of para-hydroxylation sites is 1. The number of benzene rings is 5. The average molecular weight is 574 g/mol. The second kappa shape index (κ2) is 8.72. The molecule has 0 saturated heterocycles. The van der Waals surface area contributed by atoms with Crippen LogP contribution in [0.25, 0.3) is 38.3 Å². The molecule has 0 aliphatic heterocycles. The second-order valence-corrected chi connectivity index (χ2v) is 13.2. The summed E-state index contributed by atoms with van der Waals surface area (Å²) in [6, 6.07) is 35.3. The molecule has 194 valence electrons. The molecule has 5 aromatic carbocycles. The van der Waals surface area contributed by atoms with Crippen LogP contribution in [0.2, 0.25) is 0 Å². The van der Waals surface area contributed by atoms with Gasteiger partial charge in [0.25, 0.3) is 0 Å². The summed E-state index contributed by atoms with van der Waals surface area (Å²) in [6.07, 6.45) is 2.40. The van der Waals surface area contributed by atoms with Crippen LogP contribution in [-0.2, 0) is 10.8 Å². The van der Waals surface area contributed by atoms with Crippen molar-refractivity contribution in [2.75, 3.05) is 5.32 Å². The zero-order chi connectivity index (χ0) is 26.9. The average Bonchev–Trinajstić information content (AvgIpc) is 3.28. The van der Waals surface area contributed by atoms with Gasteiger partial charge in [-0.05, 0) is 104 Å². The summed E-state index contributed by atoms with van der Waals surface area (Å²) in [7, 11) is 0. The van der Waals surface area contributed by atoms with E-state index in [1.807, 2.05) is 0 Å². The zero-order valence-electron chi connectivity index (χ0n) is 23.0. The number of nitrogens with zero attached hydrogens (tertiary/aromatic N) is 1. The van der Waals surface area contributed by atoms with Crippen molar-refractivity contribution in [1.29, 1.82) is 0 Å². The number of fused-ring (bicyclic) bond motifs is 6. The van der Waals surface area contributed by atoms with Gasteiger partial charge in [-0.3, -0.25) is 0 Å². The van der Waals surface area contributed by atoms with Gasteiger partial charge < -0.3 is 9.88 Å². The fourth-order valence-electron chi connectivity index (χ4n) is 6.62. The zero-order valence-corrected chi connectivity index (χ0v) is 24.6. The van der Waals surface area contributed by atoms with Gasteiger partial charge in [0.1, 0.15) is 0 Å². The summed E-state index contributed by atoms with van der Waals surface area (Å²) >= 11 is 3.95. The number of hydrogen-bond donors (Lipinski definition) is 1. The molecule has 1 heterocycles. The summed E-state index contributed by atoms with van der Waals surface area (Å²) < 4.78 is 3.51. The first kappa shape index (κ1) is 24.5. The van der Waals surface area contributed by atoms with Crippen LogP contribution in [0.5, 0.6) is 0 Å². The molecule has 1 aliphatic carbocycles. The number of halogens is 1. The topological polar surface area (TPSA) is 17.0 Å². The molecule has 0 bridgehead atoms. The van der Waals surface area contributed by atoms with E-state index in [2.05, 4.69) is 151 Å². The van der Waals surface area contributed by atoms with E-state index in [0.29, 0.717) is 0 Å². The van der Waals surface area contributed by atoms with Gasteiger partial charge in [-0.2, -0.15) is 0 Å². The molecule has 1 aliphatic rings. The predicted octanol–water partition coefficient (Wildman–Crippen LogP) is 10.8. The number of aromatic nitrogens is 1. The molecule has 1 aromatic heterocycles. The van der Waals surface area contributed by atoms with Crippen LogP contribution in [0, 0.1) is 0 Å². The van der Waals surface area contributed by atoms with Gasteiger partial charge in [-0.15, -0.1) is 0 Å². The Morgan fingerprint density at radius 1 is 0.641 bits per heavy atom. The van der Waals surface area contributed by atoms with Crippen molar-refractivity contribution in [3.05, 3.63) is 113 Å². The third-order valence-corrected chi connectivity index (χ3v) is 9.56. The fraction of sp³-hybridized carbons (Fsp3) is 0.222. The monoisotopic (exact) mass is 572 g/mol. The lowest BCUT2D eigenvalue weighted by molar-refractivity contribution is 0.332. The fourth-order valence-corrected chi connectivity index (χ4v) is 7.06. The molecule has 0 radical (unpaired) electrons. The normalized spacial score (nSPS) is 16.0. The first-order valence-corrected chi connectivity index (χ1v) is 14.7. The molecule has 0 spiro atoms. The quantitative estimate of drug-likeness (QED) is 0.223. The molecular weight excluding hydrogens is 540 g/mol. The van der Waals surface area contributed by atoms with Crippen LogP contribution in [0.4, 0.5) is 11.4 Å². The van der Waals surface area contributed by atoms with Crippen LogP contribution >= 0.6 is 15.9 Å². The summed E-state index contributed by atoms with van der Waals surface area (Å²) in [4.78, 5) is 0. The molecule has 0 fully saturated rings. The second-order valence-electron chi connectivity index (χ2n) is 12.3. The van der Waals surface area contributed by atoms with E-state index in [1.165, 1.54) is 62.2 Å². The highest BCUT2D eigenvalue weighted by Crippen LogP contribution is 2.49. The minimum atomic E-state index is 0.146. The molecule has 0 unspecified atom stereocenters. The van der Waals surface area contributed by atoms with Gasteiger partial charge in [0.15, 0.2) is 0 Å².